The molecule has 3 rings (SSSR count). The van der Waals surface area contributed by atoms with Gasteiger partial charge in [0.25, 0.3) is 5.56 Å². The minimum absolute atomic E-state index is 0.0385. The zero-order valence-electron chi connectivity index (χ0n) is 17.6. The fourth-order valence-electron chi connectivity index (χ4n) is 3.13. The lowest BCUT2D eigenvalue weighted by atomic mass is 10.1. The van der Waals surface area contributed by atoms with Crippen molar-refractivity contribution in [1.82, 2.24) is 19.5 Å². The Morgan fingerprint density at radius 1 is 1.48 bits per heavy atom. The molecule has 0 bridgehead atoms. The maximum absolute atomic E-state index is 12.2. The molecule has 0 saturated carbocycles. The van der Waals surface area contributed by atoms with Crippen molar-refractivity contribution >= 4 is 19.5 Å². The van der Waals surface area contributed by atoms with Crippen molar-refractivity contribution in [2.75, 3.05) is 6.54 Å². The lowest BCUT2D eigenvalue weighted by Crippen LogP contribution is -2.51. The van der Waals surface area contributed by atoms with Gasteiger partial charge in [-0.15, -0.1) is 0 Å². The lowest BCUT2D eigenvalue weighted by molar-refractivity contribution is -0.0285. The maximum atomic E-state index is 12.2. The first-order valence-electron chi connectivity index (χ1n) is 9.49. The molecule has 158 valence electrons. The van der Waals surface area contributed by atoms with Gasteiger partial charge in [-0.1, -0.05) is 25.9 Å². The van der Waals surface area contributed by atoms with Gasteiger partial charge < -0.3 is 19.9 Å². The molecule has 3 N–H and O–H groups in total. The standard InChI is InChI=1S/C17H28N8O3Si/c1-9-22-14-12(15(26)23-9)20-8-25(14)16-13(28-29(5,6)17(2,3)4)11(18)10(27-16)7-21-24-19/h8,10-11,13,16H,7,18H2,1-6H3,(H,22,23,26)/t10-,11?,13+,16-/m1/s1. The van der Waals surface area contributed by atoms with Gasteiger partial charge in [-0.2, -0.15) is 0 Å². The van der Waals surface area contributed by atoms with E-state index in [-0.39, 0.29) is 22.7 Å². The molecular formula is C17H28N8O3Si. The van der Waals surface area contributed by atoms with E-state index in [1.54, 1.807) is 11.5 Å². The quantitative estimate of drug-likeness (QED) is 0.327. The Morgan fingerprint density at radius 3 is 2.79 bits per heavy atom. The number of H-pyrrole nitrogens is 1. The highest BCUT2D eigenvalue weighted by Gasteiger charge is 2.49. The first-order chi connectivity index (χ1) is 13.5. The van der Waals surface area contributed by atoms with Gasteiger partial charge >= 0.3 is 0 Å². The summed E-state index contributed by atoms with van der Waals surface area (Å²) in [6.45, 7) is 12.5. The number of aromatic amines is 1. The second-order valence-corrected chi connectivity index (χ2v) is 13.6. The Bertz CT molecular complexity index is 1000. The largest absolute Gasteiger partial charge is 0.408 e. The molecule has 3 heterocycles. The number of ether oxygens (including phenoxy) is 1. The van der Waals surface area contributed by atoms with Crippen molar-refractivity contribution in [2.24, 2.45) is 10.8 Å². The van der Waals surface area contributed by atoms with Gasteiger partial charge in [-0.05, 0) is 30.6 Å². The van der Waals surface area contributed by atoms with E-state index in [1.165, 1.54) is 6.33 Å². The highest BCUT2D eigenvalue weighted by Crippen LogP contribution is 2.41. The molecule has 1 unspecified atom stereocenters. The van der Waals surface area contributed by atoms with Gasteiger partial charge in [0.2, 0.25) is 0 Å². The molecule has 11 nitrogen and oxygen atoms in total. The summed E-state index contributed by atoms with van der Waals surface area (Å²) in [5.41, 5.74) is 15.5. The summed E-state index contributed by atoms with van der Waals surface area (Å²) in [6, 6.07) is -0.514. The molecule has 0 amide bonds. The summed E-state index contributed by atoms with van der Waals surface area (Å²) in [4.78, 5) is 26.3. The molecule has 1 aliphatic rings. The minimum atomic E-state index is -2.20. The molecule has 29 heavy (non-hydrogen) atoms. The molecule has 1 saturated heterocycles. The lowest BCUT2D eigenvalue weighted by Gasteiger charge is -2.40. The predicted octanol–water partition coefficient (Wildman–Crippen LogP) is 2.35. The smallest absolute Gasteiger partial charge is 0.279 e. The number of nitrogens with zero attached hydrogens (tertiary/aromatic N) is 6. The van der Waals surface area contributed by atoms with Crippen molar-refractivity contribution < 1.29 is 9.16 Å². The average molecular weight is 421 g/mol. The van der Waals surface area contributed by atoms with Crippen LogP contribution in [0.4, 0.5) is 0 Å². The Hall–Kier alpha value is -2.24. The normalized spacial score (nSPS) is 25.3. The van der Waals surface area contributed by atoms with Crippen molar-refractivity contribution in [3.05, 3.63) is 32.9 Å². The molecule has 4 atom stereocenters. The summed E-state index contributed by atoms with van der Waals surface area (Å²) in [5.74, 6) is 0.471. The second kappa shape index (κ2) is 7.54. The summed E-state index contributed by atoms with van der Waals surface area (Å²) in [6.07, 6.45) is -0.154. The van der Waals surface area contributed by atoms with E-state index in [9.17, 15) is 4.79 Å². The SMILES string of the molecule is Cc1nc2c(ncn2[C@@H]2O[C@H](CN=[N+]=[N-])C(N)[C@@H]2O[Si](C)(C)C(C)(C)C)c(=O)[nH]1. The van der Waals surface area contributed by atoms with Crippen LogP contribution in [0, 0.1) is 6.92 Å². The van der Waals surface area contributed by atoms with Gasteiger partial charge in [-0.25, -0.2) is 9.97 Å². The average Bonchev–Trinajstić information content (AvgIpc) is 3.14. The molecule has 1 aliphatic heterocycles. The van der Waals surface area contributed by atoms with E-state index < -0.39 is 32.8 Å². The number of nitrogens with one attached hydrogen (secondary N) is 1. The van der Waals surface area contributed by atoms with E-state index in [0.717, 1.165) is 0 Å². The number of fused-ring (bicyclic) bond motifs is 1. The third kappa shape index (κ3) is 3.94. The Morgan fingerprint density at radius 2 is 2.17 bits per heavy atom. The van der Waals surface area contributed by atoms with Gasteiger partial charge in [0.15, 0.2) is 25.7 Å². The Labute approximate surface area is 169 Å². The number of imidazole rings is 1. The molecule has 0 aliphatic carbocycles. The number of nitrogens with two attached hydrogens (primary N) is 1. The number of rotatable bonds is 5. The summed E-state index contributed by atoms with van der Waals surface area (Å²) >= 11 is 0. The molecule has 12 heteroatoms. The summed E-state index contributed by atoms with van der Waals surface area (Å²) in [7, 11) is -2.20. The van der Waals surface area contributed by atoms with Crippen molar-refractivity contribution in [2.45, 2.75) is 70.3 Å². The van der Waals surface area contributed by atoms with E-state index in [0.29, 0.717) is 11.5 Å². The van der Waals surface area contributed by atoms with Crippen LogP contribution in [0.2, 0.25) is 18.1 Å². The van der Waals surface area contributed by atoms with Crippen LogP contribution < -0.4 is 11.3 Å². The second-order valence-electron chi connectivity index (χ2n) is 8.87. The highest BCUT2D eigenvalue weighted by molar-refractivity contribution is 6.74. The van der Waals surface area contributed by atoms with Gasteiger partial charge in [-0.3, -0.25) is 9.36 Å². The molecular weight excluding hydrogens is 392 g/mol. The Kier molecular flexibility index (Phi) is 5.58. The van der Waals surface area contributed by atoms with E-state index in [2.05, 4.69) is 58.8 Å². The van der Waals surface area contributed by atoms with Crippen LogP contribution in [0.25, 0.3) is 21.6 Å². The van der Waals surface area contributed by atoms with Crippen LogP contribution in [-0.2, 0) is 9.16 Å². The van der Waals surface area contributed by atoms with Crippen molar-refractivity contribution in [3.63, 3.8) is 0 Å². The molecule has 2 aromatic rings. The first kappa shape index (κ1) is 21.5. The van der Waals surface area contributed by atoms with Crippen LogP contribution in [0.3, 0.4) is 0 Å². The molecule has 0 radical (unpaired) electrons. The van der Waals surface area contributed by atoms with Crippen LogP contribution in [0.15, 0.2) is 16.2 Å². The van der Waals surface area contributed by atoms with Crippen LogP contribution in [-0.4, -0.2) is 52.6 Å². The number of aryl methyl sites for hydroxylation is 1. The Balaban J connectivity index is 2.06. The fourth-order valence-corrected chi connectivity index (χ4v) is 4.44. The van der Waals surface area contributed by atoms with Crippen LogP contribution in [0.1, 0.15) is 32.8 Å². The monoisotopic (exact) mass is 420 g/mol. The van der Waals surface area contributed by atoms with Crippen LogP contribution >= 0.6 is 0 Å². The third-order valence-electron chi connectivity index (χ3n) is 5.79. The highest BCUT2D eigenvalue weighted by atomic mass is 28.4. The number of azide groups is 1. The van der Waals surface area contributed by atoms with E-state index >= 15 is 0 Å². The first-order valence-corrected chi connectivity index (χ1v) is 12.4. The zero-order valence-corrected chi connectivity index (χ0v) is 18.6. The number of aromatic nitrogens is 4. The fraction of sp³-hybridized carbons (Fsp3) is 0.706. The minimum Gasteiger partial charge on any atom is -0.408 e. The maximum Gasteiger partial charge on any atom is 0.279 e. The van der Waals surface area contributed by atoms with Crippen molar-refractivity contribution in [3.8, 4) is 0 Å². The van der Waals surface area contributed by atoms with Gasteiger partial charge in [0.1, 0.15) is 11.9 Å². The van der Waals surface area contributed by atoms with E-state index in [1.807, 2.05) is 0 Å². The molecule has 1 fully saturated rings. The predicted molar refractivity (Wildman–Crippen MR) is 111 cm³/mol. The van der Waals surface area contributed by atoms with Crippen LogP contribution in [0.5, 0.6) is 0 Å². The molecule has 0 spiro atoms. The van der Waals surface area contributed by atoms with Gasteiger partial charge in [0, 0.05) is 4.91 Å². The van der Waals surface area contributed by atoms with Crippen molar-refractivity contribution in [1.29, 1.82) is 0 Å². The van der Waals surface area contributed by atoms with Gasteiger partial charge in [0.05, 0.1) is 25.0 Å². The molecule has 2 aromatic heterocycles. The topological polar surface area (TPSA) is 157 Å². The molecule has 0 aromatic carbocycles. The summed E-state index contributed by atoms with van der Waals surface area (Å²) < 4.78 is 14.5. The van der Waals surface area contributed by atoms with E-state index in [4.69, 9.17) is 20.4 Å². The zero-order chi connectivity index (χ0) is 21.6. The number of hydrogen-bond donors (Lipinski definition) is 2. The third-order valence-corrected chi connectivity index (χ3v) is 10.3. The number of hydrogen-bond acceptors (Lipinski definition) is 7. The summed E-state index contributed by atoms with van der Waals surface area (Å²) in [5, 5.41) is 3.59.